The van der Waals surface area contributed by atoms with Crippen LogP contribution in [0.25, 0.3) is 0 Å². The van der Waals surface area contributed by atoms with Crippen LogP contribution in [0.4, 0.5) is 8.78 Å². The van der Waals surface area contributed by atoms with Crippen molar-refractivity contribution in [1.29, 1.82) is 0 Å². The second-order valence-electron chi connectivity index (χ2n) is 2.57. The van der Waals surface area contributed by atoms with Gasteiger partial charge in [0, 0.05) is 0 Å². The third-order valence-electron chi connectivity index (χ3n) is 1.72. The van der Waals surface area contributed by atoms with Crippen molar-refractivity contribution in [2.24, 2.45) is 4.99 Å². The molecule has 0 amide bonds. The maximum Gasteiger partial charge on any atom is 0.235 e. The number of methoxy groups -OCH3 is 1. The van der Waals surface area contributed by atoms with Crippen LogP contribution in [0.2, 0.25) is 0 Å². The van der Waals surface area contributed by atoms with Crippen LogP contribution < -0.4 is 4.74 Å². The number of halogens is 3. The second kappa shape index (κ2) is 5.00. The average Bonchev–Trinajstić information content (AvgIpc) is 2.21. The summed E-state index contributed by atoms with van der Waals surface area (Å²) in [5.41, 5.74) is -0.118. The van der Waals surface area contributed by atoms with Crippen molar-refractivity contribution in [3.8, 4) is 5.75 Å². The van der Waals surface area contributed by atoms with E-state index in [1.54, 1.807) is 0 Å². The van der Waals surface area contributed by atoms with Crippen LogP contribution >= 0.6 is 15.9 Å². The molecule has 0 saturated heterocycles. The third-order valence-corrected chi connectivity index (χ3v) is 2.31. The number of ether oxygens (including phenoxy) is 1. The number of hydrogen-bond donors (Lipinski definition) is 0. The highest BCUT2D eigenvalue weighted by molar-refractivity contribution is 9.10. The summed E-state index contributed by atoms with van der Waals surface area (Å²) in [7, 11) is 1.31. The normalized spacial score (nSPS) is 9.60. The second-order valence-corrected chi connectivity index (χ2v) is 3.43. The van der Waals surface area contributed by atoms with Crippen LogP contribution in [0.1, 0.15) is 5.56 Å². The molecule has 15 heavy (non-hydrogen) atoms. The monoisotopic (exact) mass is 277 g/mol. The summed E-state index contributed by atoms with van der Waals surface area (Å²) < 4.78 is 31.4. The molecule has 0 aliphatic rings. The van der Waals surface area contributed by atoms with E-state index >= 15 is 0 Å². The van der Waals surface area contributed by atoms with Gasteiger partial charge in [0.2, 0.25) is 6.08 Å². The molecule has 0 spiro atoms. The van der Waals surface area contributed by atoms with Gasteiger partial charge in [0.25, 0.3) is 0 Å². The Bertz CT molecular complexity index is 431. The van der Waals surface area contributed by atoms with Gasteiger partial charge >= 0.3 is 0 Å². The third kappa shape index (κ3) is 2.40. The fourth-order valence-corrected chi connectivity index (χ4v) is 1.70. The zero-order valence-electron chi connectivity index (χ0n) is 7.68. The Morgan fingerprint density at radius 1 is 1.60 bits per heavy atom. The van der Waals surface area contributed by atoms with Gasteiger partial charge in [0.1, 0.15) is 5.75 Å². The zero-order chi connectivity index (χ0) is 11.4. The minimum atomic E-state index is -1.07. The van der Waals surface area contributed by atoms with Crippen LogP contribution in [0.3, 0.4) is 0 Å². The van der Waals surface area contributed by atoms with Crippen molar-refractivity contribution >= 4 is 22.0 Å². The predicted molar refractivity (Wildman–Crippen MR) is 52.4 cm³/mol. The van der Waals surface area contributed by atoms with E-state index in [-0.39, 0.29) is 22.3 Å². The number of isocyanates is 1. The summed E-state index contributed by atoms with van der Waals surface area (Å²) in [5.74, 6) is -1.99. The number of aliphatic imine (C=N–C) groups is 1. The van der Waals surface area contributed by atoms with Gasteiger partial charge in [-0.25, -0.2) is 18.6 Å². The lowest BCUT2D eigenvalue weighted by Crippen LogP contribution is -1.99. The molecule has 1 aromatic carbocycles. The van der Waals surface area contributed by atoms with Crippen molar-refractivity contribution in [3.63, 3.8) is 0 Å². The zero-order valence-corrected chi connectivity index (χ0v) is 9.27. The van der Waals surface area contributed by atoms with Crippen molar-refractivity contribution < 1.29 is 18.3 Å². The molecule has 1 aromatic rings. The Morgan fingerprint density at radius 2 is 2.27 bits per heavy atom. The van der Waals surface area contributed by atoms with Crippen molar-refractivity contribution in [2.75, 3.05) is 7.11 Å². The highest BCUT2D eigenvalue weighted by Crippen LogP contribution is 2.33. The molecule has 3 nitrogen and oxygen atoms in total. The van der Waals surface area contributed by atoms with Gasteiger partial charge in [-0.3, -0.25) is 0 Å². The number of rotatable bonds is 3. The minimum Gasteiger partial charge on any atom is -0.495 e. The van der Waals surface area contributed by atoms with E-state index in [0.29, 0.717) is 0 Å². The van der Waals surface area contributed by atoms with E-state index in [0.717, 1.165) is 6.07 Å². The molecule has 0 saturated carbocycles. The highest BCUT2D eigenvalue weighted by atomic mass is 79.9. The molecule has 0 radical (unpaired) electrons. The Balaban J connectivity index is 3.35. The fraction of sp³-hybridized carbons (Fsp3) is 0.222. The summed E-state index contributed by atoms with van der Waals surface area (Å²) in [6.07, 6.45) is 1.25. The van der Waals surface area contributed by atoms with Crippen LogP contribution in [0, 0.1) is 11.6 Å². The molecule has 6 heteroatoms. The molecule has 0 bridgehead atoms. The van der Waals surface area contributed by atoms with Gasteiger partial charge in [-0.1, -0.05) is 0 Å². The molecule has 1 rings (SSSR count). The highest BCUT2D eigenvalue weighted by Gasteiger charge is 2.17. The SMILES string of the molecule is COc1c(Br)cc(F)c(F)c1CN=C=O. The van der Waals surface area contributed by atoms with Gasteiger partial charge in [0.05, 0.1) is 23.7 Å². The van der Waals surface area contributed by atoms with E-state index in [4.69, 9.17) is 4.74 Å². The van der Waals surface area contributed by atoms with Crippen molar-refractivity contribution in [3.05, 3.63) is 27.7 Å². The number of carbonyl (C=O) groups excluding carboxylic acids is 1. The fourth-order valence-electron chi connectivity index (χ4n) is 1.10. The first kappa shape index (κ1) is 11.8. The van der Waals surface area contributed by atoms with E-state index in [1.165, 1.54) is 13.2 Å². The Hall–Kier alpha value is -1.26. The molecule has 0 aliphatic heterocycles. The molecule has 0 atom stereocenters. The first-order valence-corrected chi connectivity index (χ1v) is 4.65. The Labute approximate surface area is 92.9 Å². The molecule has 80 valence electrons. The van der Waals surface area contributed by atoms with Gasteiger partial charge in [-0.2, -0.15) is 0 Å². The molecular formula is C9H6BrF2NO2. The van der Waals surface area contributed by atoms with Crippen LogP contribution in [0.15, 0.2) is 15.5 Å². The summed E-state index contributed by atoms with van der Waals surface area (Å²) in [6, 6.07) is 0.947. The number of hydrogen-bond acceptors (Lipinski definition) is 3. The van der Waals surface area contributed by atoms with Gasteiger partial charge in [-0.15, -0.1) is 0 Å². The molecule has 0 fully saturated rings. The summed E-state index contributed by atoms with van der Waals surface area (Å²) >= 11 is 3.01. The molecule has 0 heterocycles. The van der Waals surface area contributed by atoms with Gasteiger partial charge in [-0.05, 0) is 22.0 Å². The molecule has 0 aromatic heterocycles. The topological polar surface area (TPSA) is 38.7 Å². The van der Waals surface area contributed by atoms with Crippen LogP contribution in [-0.4, -0.2) is 13.2 Å². The predicted octanol–water partition coefficient (Wildman–Crippen LogP) is 2.57. The summed E-state index contributed by atoms with van der Waals surface area (Å²) in [5, 5.41) is 0. The lowest BCUT2D eigenvalue weighted by molar-refractivity contribution is 0.395. The minimum absolute atomic E-state index is 0.118. The largest absolute Gasteiger partial charge is 0.495 e. The lowest BCUT2D eigenvalue weighted by Gasteiger charge is -2.09. The molecular weight excluding hydrogens is 272 g/mol. The smallest absolute Gasteiger partial charge is 0.235 e. The number of benzene rings is 1. The van der Waals surface area contributed by atoms with Crippen molar-refractivity contribution in [2.45, 2.75) is 6.54 Å². The maximum absolute atomic E-state index is 13.3. The lowest BCUT2D eigenvalue weighted by atomic mass is 10.2. The average molecular weight is 278 g/mol. The van der Waals surface area contributed by atoms with Gasteiger partial charge < -0.3 is 4.74 Å². The Morgan fingerprint density at radius 3 is 2.80 bits per heavy atom. The van der Waals surface area contributed by atoms with E-state index in [2.05, 4.69) is 20.9 Å². The summed E-state index contributed by atoms with van der Waals surface area (Å²) in [6.45, 7) is -0.311. The number of nitrogens with zero attached hydrogens (tertiary/aromatic N) is 1. The van der Waals surface area contributed by atoms with Crippen LogP contribution in [0.5, 0.6) is 5.75 Å². The molecule has 0 aliphatic carbocycles. The quantitative estimate of drug-likeness (QED) is 0.484. The van der Waals surface area contributed by atoms with E-state index < -0.39 is 11.6 Å². The molecule has 0 N–H and O–H groups in total. The Kier molecular flexibility index (Phi) is 3.94. The van der Waals surface area contributed by atoms with E-state index in [1.807, 2.05) is 0 Å². The first-order chi connectivity index (χ1) is 7.11. The van der Waals surface area contributed by atoms with Crippen molar-refractivity contribution in [1.82, 2.24) is 0 Å². The molecule has 0 unspecified atom stereocenters. The first-order valence-electron chi connectivity index (χ1n) is 3.85. The van der Waals surface area contributed by atoms with E-state index in [9.17, 15) is 13.6 Å². The summed E-state index contributed by atoms with van der Waals surface area (Å²) in [4.78, 5) is 13.1. The maximum atomic E-state index is 13.3. The standard InChI is InChI=1S/C9H6BrF2NO2/c1-15-9-5(3-13-4-14)8(12)7(11)2-6(9)10/h2H,3H2,1H3. The van der Waals surface area contributed by atoms with Crippen LogP contribution in [-0.2, 0) is 11.3 Å². The van der Waals surface area contributed by atoms with Gasteiger partial charge in [0.15, 0.2) is 11.6 Å².